The summed E-state index contributed by atoms with van der Waals surface area (Å²) in [5, 5.41) is 8.25. The number of hydrogen-bond acceptors (Lipinski definition) is 6. The van der Waals surface area contributed by atoms with Crippen molar-refractivity contribution in [2.24, 2.45) is 0 Å². The van der Waals surface area contributed by atoms with Crippen LogP contribution in [0, 0.1) is 0 Å². The monoisotopic (exact) mass is 478 g/mol. The normalized spacial score (nSPS) is 16.7. The van der Waals surface area contributed by atoms with Crippen LogP contribution in [-0.2, 0) is 11.4 Å². The highest BCUT2D eigenvalue weighted by Gasteiger charge is 2.37. The summed E-state index contributed by atoms with van der Waals surface area (Å²) < 4.78 is 13.6. The first kappa shape index (κ1) is 22.1. The minimum atomic E-state index is -0.404. The lowest BCUT2D eigenvalue weighted by atomic mass is 9.85. The number of nitrogens with zero attached hydrogens (tertiary/aromatic N) is 3. The molecule has 2 aliphatic rings. The number of carbonyl (C=O) groups is 1. The Morgan fingerprint density at radius 3 is 2.53 bits per heavy atom. The molecule has 2 heterocycles. The summed E-state index contributed by atoms with van der Waals surface area (Å²) in [5.41, 5.74) is 4.56. The van der Waals surface area contributed by atoms with E-state index in [9.17, 15) is 4.79 Å². The molecule has 0 fully saturated rings. The number of fused-ring (bicyclic) bond motifs is 1. The largest absolute Gasteiger partial charge is 0.493 e. The van der Waals surface area contributed by atoms with E-state index < -0.39 is 6.04 Å². The van der Waals surface area contributed by atoms with Crippen molar-refractivity contribution in [2.45, 2.75) is 31.9 Å². The van der Waals surface area contributed by atoms with Gasteiger partial charge < -0.3 is 14.8 Å². The Hall–Kier alpha value is -4.39. The predicted molar refractivity (Wildman–Crippen MR) is 137 cm³/mol. The summed E-state index contributed by atoms with van der Waals surface area (Å²) in [4.78, 5) is 18.0. The van der Waals surface area contributed by atoms with E-state index in [0.717, 1.165) is 40.8 Å². The Morgan fingerprint density at radius 1 is 0.972 bits per heavy atom. The highest BCUT2D eigenvalue weighted by molar-refractivity contribution is 5.99. The zero-order chi connectivity index (χ0) is 24.5. The average Bonchev–Trinajstić information content (AvgIpc) is 3.36. The van der Waals surface area contributed by atoms with Crippen LogP contribution in [0.2, 0.25) is 0 Å². The molecule has 1 unspecified atom stereocenters. The maximum atomic E-state index is 13.2. The van der Waals surface area contributed by atoms with Crippen LogP contribution < -0.4 is 14.8 Å². The summed E-state index contributed by atoms with van der Waals surface area (Å²) >= 11 is 0. The molecule has 0 saturated heterocycles. The lowest BCUT2D eigenvalue weighted by Gasteiger charge is -2.32. The highest BCUT2D eigenvalue weighted by atomic mass is 16.5. The van der Waals surface area contributed by atoms with Crippen LogP contribution in [0.1, 0.15) is 36.4 Å². The van der Waals surface area contributed by atoms with Crippen LogP contribution >= 0.6 is 0 Å². The summed E-state index contributed by atoms with van der Waals surface area (Å²) in [6.07, 6.45) is 2.16. The third-order valence-corrected chi connectivity index (χ3v) is 6.64. The topological polar surface area (TPSA) is 78.3 Å². The molecule has 6 rings (SSSR count). The second-order valence-electron chi connectivity index (χ2n) is 8.95. The molecule has 7 heteroatoms. The van der Waals surface area contributed by atoms with Gasteiger partial charge in [-0.25, -0.2) is 4.68 Å². The number of methoxy groups -OCH3 is 1. The first-order chi connectivity index (χ1) is 17.7. The molecule has 1 aliphatic carbocycles. The van der Waals surface area contributed by atoms with Crippen molar-refractivity contribution in [3.8, 4) is 22.9 Å². The quantitative estimate of drug-likeness (QED) is 0.391. The number of nitrogens with one attached hydrogen (secondary N) is 1. The number of anilines is 1. The number of rotatable bonds is 6. The molecule has 0 bridgehead atoms. The zero-order valence-electron chi connectivity index (χ0n) is 20.0. The third kappa shape index (κ3) is 4.02. The van der Waals surface area contributed by atoms with E-state index in [0.29, 0.717) is 36.3 Å². The van der Waals surface area contributed by atoms with E-state index in [1.807, 2.05) is 83.5 Å². The molecular weight excluding hydrogens is 452 g/mol. The number of Topliss-reactive ketones (excluding diaryl/α,β-unsaturated/α-hetero) is 1. The van der Waals surface area contributed by atoms with Crippen LogP contribution in [0.4, 0.5) is 5.95 Å². The number of carbonyl (C=O) groups excluding carboxylic acids is 1. The first-order valence-electron chi connectivity index (χ1n) is 12.1. The summed E-state index contributed by atoms with van der Waals surface area (Å²) in [5.74, 6) is 2.64. The summed E-state index contributed by atoms with van der Waals surface area (Å²) in [6.45, 7) is 0.409. The van der Waals surface area contributed by atoms with Gasteiger partial charge in [-0.05, 0) is 36.1 Å². The van der Waals surface area contributed by atoms with Gasteiger partial charge in [-0.3, -0.25) is 4.79 Å². The SMILES string of the molecule is COc1ccc(C2C3=C(CCCC3=O)Nc3nc(-c4ccccc4)nn32)cc1OCc1ccccc1. The Morgan fingerprint density at radius 2 is 1.75 bits per heavy atom. The molecule has 0 saturated carbocycles. The molecular formula is C29H26N4O3. The number of ketones is 1. The predicted octanol–water partition coefficient (Wildman–Crippen LogP) is 5.55. The number of ether oxygens (including phenoxy) is 2. The Kier molecular flexibility index (Phi) is 5.73. The number of allylic oxidation sites excluding steroid dienone is 2. The van der Waals surface area contributed by atoms with Crippen molar-refractivity contribution < 1.29 is 14.3 Å². The number of hydrogen-bond donors (Lipinski definition) is 1. The minimum Gasteiger partial charge on any atom is -0.493 e. The number of aromatic nitrogens is 3. The molecule has 1 aromatic heterocycles. The van der Waals surface area contributed by atoms with Crippen molar-refractivity contribution in [1.29, 1.82) is 0 Å². The van der Waals surface area contributed by atoms with Crippen LogP contribution in [-0.4, -0.2) is 27.7 Å². The van der Waals surface area contributed by atoms with Crippen molar-refractivity contribution in [2.75, 3.05) is 12.4 Å². The summed E-state index contributed by atoms with van der Waals surface area (Å²) in [6, 6.07) is 25.3. The third-order valence-electron chi connectivity index (χ3n) is 6.64. The van der Waals surface area contributed by atoms with Crippen molar-refractivity contribution in [3.05, 3.63) is 101 Å². The average molecular weight is 479 g/mol. The molecule has 3 aromatic carbocycles. The van der Waals surface area contributed by atoms with Gasteiger partial charge in [-0.15, -0.1) is 5.10 Å². The van der Waals surface area contributed by atoms with E-state index in [-0.39, 0.29) is 5.78 Å². The van der Waals surface area contributed by atoms with E-state index >= 15 is 0 Å². The molecule has 4 aromatic rings. The Balaban J connectivity index is 1.43. The van der Waals surface area contributed by atoms with Crippen LogP contribution in [0.15, 0.2) is 90.1 Å². The second kappa shape index (κ2) is 9.34. The first-order valence-corrected chi connectivity index (χ1v) is 12.1. The fourth-order valence-corrected chi connectivity index (χ4v) is 4.89. The molecule has 7 nitrogen and oxygen atoms in total. The van der Waals surface area contributed by atoms with Crippen molar-refractivity contribution in [1.82, 2.24) is 14.8 Å². The van der Waals surface area contributed by atoms with Gasteiger partial charge in [0.2, 0.25) is 5.95 Å². The lowest BCUT2D eigenvalue weighted by molar-refractivity contribution is -0.116. The van der Waals surface area contributed by atoms with Gasteiger partial charge in [-0.1, -0.05) is 66.7 Å². The summed E-state index contributed by atoms with van der Waals surface area (Å²) in [7, 11) is 1.63. The molecule has 36 heavy (non-hydrogen) atoms. The van der Waals surface area contributed by atoms with Crippen molar-refractivity contribution >= 4 is 11.7 Å². The van der Waals surface area contributed by atoms with E-state index in [4.69, 9.17) is 19.6 Å². The molecule has 180 valence electrons. The molecule has 1 aliphatic heterocycles. The number of benzene rings is 3. The van der Waals surface area contributed by atoms with Gasteiger partial charge in [0.05, 0.1) is 7.11 Å². The standard InChI is InChI=1S/C29H26N4O3/c1-35-24-16-15-21(17-25(24)36-18-19-9-4-2-5-10-19)27-26-22(13-8-14-23(26)34)30-29-31-28(32-33(27)29)20-11-6-3-7-12-20/h2-7,9-12,15-17,27H,8,13-14,18H2,1H3,(H,30,31,32). The van der Waals surface area contributed by atoms with Crippen LogP contribution in [0.5, 0.6) is 11.5 Å². The lowest BCUT2D eigenvalue weighted by Crippen LogP contribution is -2.31. The maximum absolute atomic E-state index is 13.2. The maximum Gasteiger partial charge on any atom is 0.226 e. The van der Waals surface area contributed by atoms with Gasteiger partial charge in [0.1, 0.15) is 12.6 Å². The van der Waals surface area contributed by atoms with E-state index in [2.05, 4.69) is 5.32 Å². The van der Waals surface area contributed by atoms with Crippen molar-refractivity contribution in [3.63, 3.8) is 0 Å². The fraction of sp³-hybridized carbons (Fsp3) is 0.207. The molecule has 0 spiro atoms. The molecule has 1 atom stereocenters. The molecule has 0 radical (unpaired) electrons. The Bertz CT molecular complexity index is 1440. The minimum absolute atomic E-state index is 0.138. The van der Waals surface area contributed by atoms with Gasteiger partial charge in [0.15, 0.2) is 23.1 Å². The zero-order valence-corrected chi connectivity index (χ0v) is 20.0. The smallest absolute Gasteiger partial charge is 0.226 e. The van der Waals surface area contributed by atoms with E-state index in [1.165, 1.54) is 0 Å². The van der Waals surface area contributed by atoms with E-state index in [1.54, 1.807) is 7.11 Å². The van der Waals surface area contributed by atoms with Gasteiger partial charge in [0.25, 0.3) is 0 Å². The van der Waals surface area contributed by atoms with Crippen LogP contribution in [0.25, 0.3) is 11.4 Å². The Labute approximate surface area is 209 Å². The van der Waals surface area contributed by atoms with Gasteiger partial charge in [0, 0.05) is 23.3 Å². The molecule has 1 N–H and O–H groups in total. The second-order valence-corrected chi connectivity index (χ2v) is 8.95. The van der Waals surface area contributed by atoms with Gasteiger partial charge in [-0.2, -0.15) is 4.98 Å². The van der Waals surface area contributed by atoms with Crippen LogP contribution in [0.3, 0.4) is 0 Å². The molecule has 0 amide bonds. The highest BCUT2D eigenvalue weighted by Crippen LogP contribution is 2.42. The fourth-order valence-electron chi connectivity index (χ4n) is 4.89. The van der Waals surface area contributed by atoms with Gasteiger partial charge >= 0.3 is 0 Å².